The summed E-state index contributed by atoms with van der Waals surface area (Å²) in [6, 6.07) is -13.0. The number of hydrogen-bond donors (Lipinski definition) is 17. The molecule has 0 saturated carbocycles. The second kappa shape index (κ2) is 35.0. The summed E-state index contributed by atoms with van der Waals surface area (Å²) < 4.78 is 0. The number of rotatable bonds is 37. The fraction of sp³-hybridized carbons (Fsp3) is 0.717. The summed E-state index contributed by atoms with van der Waals surface area (Å²) in [6.45, 7) is 6.09. The number of unbranched alkanes of at least 4 members (excludes halogenated alkanes) is 1. The molecular formula is C46H82N16O15. The topological polar surface area (TPSA) is 537 Å². The zero-order valence-electron chi connectivity index (χ0n) is 44.2. The van der Waals surface area contributed by atoms with Crippen LogP contribution >= 0.6 is 0 Å². The summed E-state index contributed by atoms with van der Waals surface area (Å²) in [7, 11) is 0. The number of aliphatic hydroxyl groups is 1. The molecule has 436 valence electrons. The molecule has 0 bridgehead atoms. The van der Waals surface area contributed by atoms with Gasteiger partial charge in [-0.15, -0.1) is 0 Å². The maximum absolute atomic E-state index is 14.3. The van der Waals surface area contributed by atoms with Crippen LogP contribution in [0.5, 0.6) is 0 Å². The SMILES string of the molecule is CC(C)C[C@H](NC(=O)[C@H](CO)NC(=O)[C@@H](N)CCCN=C(N)N)C(=O)N[C@@H](CCC(=O)O)C(=O)N[C@@H](CCCCN)C(=O)N[C@@H](CCCN=C(N)N)C(=O)N[C@H](C(=O)N1CCC[C@H]1C(=O)N[C@@H](CC(=O)O)C(=O)O)C(C)C. The van der Waals surface area contributed by atoms with Crippen molar-refractivity contribution in [3.63, 3.8) is 0 Å². The quantitative estimate of drug-likeness (QED) is 0.0156. The number of nitrogens with zero attached hydrogens (tertiary/aromatic N) is 3. The highest BCUT2D eigenvalue weighted by Crippen LogP contribution is 2.21. The van der Waals surface area contributed by atoms with Crippen LogP contribution < -0.4 is 71.6 Å². The number of guanidine groups is 2. The third-order valence-corrected chi connectivity index (χ3v) is 12.0. The van der Waals surface area contributed by atoms with Crippen LogP contribution in [0.3, 0.4) is 0 Å². The van der Waals surface area contributed by atoms with Crippen LogP contribution in [0, 0.1) is 11.8 Å². The number of aliphatic carboxylic acids is 3. The molecule has 0 aromatic heterocycles. The summed E-state index contributed by atoms with van der Waals surface area (Å²) in [6.07, 6.45) is -0.833. The Kier molecular flexibility index (Phi) is 30.7. The summed E-state index contributed by atoms with van der Waals surface area (Å²) in [5.74, 6) is -13.0. The Morgan fingerprint density at radius 1 is 0.584 bits per heavy atom. The number of aliphatic hydroxyl groups excluding tert-OH is 1. The maximum atomic E-state index is 14.3. The van der Waals surface area contributed by atoms with Crippen LogP contribution in [0.25, 0.3) is 0 Å². The molecule has 1 heterocycles. The minimum atomic E-state index is -1.79. The highest BCUT2D eigenvalue weighted by atomic mass is 16.4. The van der Waals surface area contributed by atoms with Gasteiger partial charge < -0.3 is 96.9 Å². The van der Waals surface area contributed by atoms with Crippen molar-refractivity contribution in [3.05, 3.63) is 0 Å². The Bertz CT molecular complexity index is 2090. The number of amides is 8. The molecule has 1 fully saturated rings. The van der Waals surface area contributed by atoms with Crippen molar-refractivity contribution in [3.8, 4) is 0 Å². The lowest BCUT2D eigenvalue weighted by Gasteiger charge is -2.32. The molecule has 9 atom stereocenters. The van der Waals surface area contributed by atoms with Gasteiger partial charge in [0.05, 0.1) is 19.1 Å². The van der Waals surface area contributed by atoms with E-state index in [2.05, 4.69) is 47.2 Å². The van der Waals surface area contributed by atoms with E-state index in [4.69, 9.17) is 39.5 Å². The van der Waals surface area contributed by atoms with Crippen molar-refractivity contribution in [2.24, 2.45) is 56.2 Å². The third-order valence-electron chi connectivity index (χ3n) is 12.0. The number of likely N-dealkylation sites (tertiary alicyclic amines) is 1. The van der Waals surface area contributed by atoms with Gasteiger partial charge in [0.25, 0.3) is 0 Å². The van der Waals surface area contributed by atoms with Crippen LogP contribution in [-0.2, 0) is 52.7 Å². The number of hydrogen-bond acceptors (Lipinski definition) is 16. The van der Waals surface area contributed by atoms with E-state index in [9.17, 15) is 68.1 Å². The van der Waals surface area contributed by atoms with E-state index in [0.29, 0.717) is 19.3 Å². The number of carbonyl (C=O) groups excluding carboxylic acids is 8. The Hall–Kier alpha value is -7.41. The second-order valence-electron chi connectivity index (χ2n) is 19.3. The van der Waals surface area contributed by atoms with Crippen molar-refractivity contribution >= 4 is 77.1 Å². The average Bonchev–Trinajstić information content (AvgIpc) is 3.84. The van der Waals surface area contributed by atoms with Crippen LogP contribution in [0.4, 0.5) is 0 Å². The molecule has 1 rings (SSSR count). The number of carboxylic acids is 3. The van der Waals surface area contributed by atoms with Gasteiger partial charge in [-0.05, 0) is 89.0 Å². The summed E-state index contributed by atoms with van der Waals surface area (Å²) in [5, 5.41) is 55.5. The third kappa shape index (κ3) is 25.8. The fourth-order valence-electron chi connectivity index (χ4n) is 7.88. The van der Waals surface area contributed by atoms with E-state index in [1.807, 2.05) is 0 Å². The molecule has 1 aliphatic rings. The Morgan fingerprint density at radius 3 is 1.55 bits per heavy atom. The second-order valence-corrected chi connectivity index (χ2v) is 19.3. The lowest BCUT2D eigenvalue weighted by Crippen LogP contribution is -2.61. The first-order chi connectivity index (χ1) is 36.1. The van der Waals surface area contributed by atoms with Crippen LogP contribution in [0.15, 0.2) is 9.98 Å². The van der Waals surface area contributed by atoms with Gasteiger partial charge in [-0.1, -0.05) is 27.7 Å². The molecule has 0 aromatic rings. The molecule has 0 spiro atoms. The highest BCUT2D eigenvalue weighted by Gasteiger charge is 2.41. The van der Waals surface area contributed by atoms with E-state index in [1.54, 1.807) is 27.7 Å². The number of carboxylic acid groups (broad SMARTS) is 3. The lowest BCUT2D eigenvalue weighted by molar-refractivity contribution is -0.148. The average molecular weight is 1100 g/mol. The molecule has 8 amide bonds. The summed E-state index contributed by atoms with van der Waals surface area (Å²) >= 11 is 0. The molecule has 23 N–H and O–H groups in total. The van der Waals surface area contributed by atoms with E-state index in [0.717, 1.165) is 4.90 Å². The minimum absolute atomic E-state index is 0.00949. The largest absolute Gasteiger partial charge is 0.481 e. The molecular weight excluding hydrogens is 1020 g/mol. The molecule has 0 unspecified atom stereocenters. The van der Waals surface area contributed by atoms with Crippen LogP contribution in [0.2, 0.25) is 0 Å². The van der Waals surface area contributed by atoms with Crippen molar-refractivity contribution in [1.29, 1.82) is 0 Å². The van der Waals surface area contributed by atoms with E-state index in [-0.39, 0.29) is 89.0 Å². The molecule has 31 heteroatoms. The molecule has 77 heavy (non-hydrogen) atoms. The Morgan fingerprint density at radius 2 is 1.06 bits per heavy atom. The van der Waals surface area contributed by atoms with Gasteiger partial charge in [-0.25, -0.2) is 4.79 Å². The van der Waals surface area contributed by atoms with Gasteiger partial charge >= 0.3 is 17.9 Å². The van der Waals surface area contributed by atoms with Crippen molar-refractivity contribution < 1.29 is 73.2 Å². The van der Waals surface area contributed by atoms with Gasteiger partial charge in [0.1, 0.15) is 48.3 Å². The number of carbonyl (C=O) groups is 11. The van der Waals surface area contributed by atoms with Gasteiger partial charge in [-0.2, -0.15) is 0 Å². The predicted octanol–water partition coefficient (Wildman–Crippen LogP) is -5.95. The van der Waals surface area contributed by atoms with E-state index in [1.165, 1.54) is 0 Å². The zero-order valence-corrected chi connectivity index (χ0v) is 44.2. The maximum Gasteiger partial charge on any atom is 0.326 e. The van der Waals surface area contributed by atoms with Gasteiger partial charge in [-0.3, -0.25) is 57.9 Å². The summed E-state index contributed by atoms with van der Waals surface area (Å²) in [4.78, 5) is 154. The molecule has 31 nitrogen and oxygen atoms in total. The molecule has 0 aliphatic carbocycles. The smallest absolute Gasteiger partial charge is 0.326 e. The molecule has 1 aliphatic heterocycles. The van der Waals surface area contributed by atoms with Gasteiger partial charge in [0.2, 0.25) is 47.3 Å². The fourth-order valence-corrected chi connectivity index (χ4v) is 7.88. The first-order valence-electron chi connectivity index (χ1n) is 25.4. The Labute approximate surface area is 446 Å². The van der Waals surface area contributed by atoms with Crippen LogP contribution in [-0.4, -0.2) is 190 Å². The highest BCUT2D eigenvalue weighted by molar-refractivity contribution is 5.98. The first-order valence-corrected chi connectivity index (χ1v) is 25.4. The predicted molar refractivity (Wildman–Crippen MR) is 277 cm³/mol. The molecule has 0 radical (unpaired) electrons. The van der Waals surface area contributed by atoms with E-state index < -0.39 is 151 Å². The summed E-state index contributed by atoms with van der Waals surface area (Å²) in [5.41, 5.74) is 33.3. The first kappa shape index (κ1) is 67.6. The lowest BCUT2D eigenvalue weighted by atomic mass is 10.00. The normalized spacial score (nSPS) is 16.2. The number of nitrogens with two attached hydrogens (primary N) is 6. The Balaban J connectivity index is 3.50. The molecule has 0 aromatic carbocycles. The van der Waals surface area contributed by atoms with Crippen molar-refractivity contribution in [2.75, 3.05) is 32.8 Å². The number of nitrogens with one attached hydrogen (secondary N) is 7. The minimum Gasteiger partial charge on any atom is -0.481 e. The van der Waals surface area contributed by atoms with Gasteiger partial charge in [0.15, 0.2) is 11.9 Å². The van der Waals surface area contributed by atoms with Crippen molar-refractivity contribution in [1.82, 2.24) is 42.1 Å². The standard InChI is InChI=1S/C46H82N16O15/c1-23(2)20-29(58-41(73)31(22-63)60-36(68)25(48)10-7-17-53-45(49)50)40(72)57-28(14-15-33(64)65)38(70)55-26(11-5-6-16-47)37(69)56-27(12-8-18-54-46(51)52)39(71)61-35(24(3)4)43(75)62-19-9-13-32(62)42(74)59-30(44(76)77)21-34(66)67/h23-32,35,63H,5-22,47-48H2,1-4H3,(H,55,70)(H,56,69)(H,57,72)(H,58,73)(H,59,74)(H,60,68)(H,61,71)(H,64,65)(H,66,67)(H,76,77)(H4,49,50,53)(H4,51,52,54)/t25-,26-,27-,28-,29-,30-,31-,32-,35-/m0/s1. The molecule has 1 saturated heterocycles. The monoisotopic (exact) mass is 1100 g/mol. The van der Waals surface area contributed by atoms with Crippen molar-refractivity contribution in [2.45, 2.75) is 166 Å². The van der Waals surface area contributed by atoms with Crippen LogP contribution in [0.1, 0.15) is 111 Å². The van der Waals surface area contributed by atoms with E-state index >= 15 is 0 Å². The van der Waals surface area contributed by atoms with Gasteiger partial charge in [0, 0.05) is 26.1 Å². The number of aliphatic imine (C=N–C) groups is 2. The zero-order chi connectivity index (χ0) is 58.5.